The number of carbonyl (C=O) groups is 1. The summed E-state index contributed by atoms with van der Waals surface area (Å²) < 4.78 is 10.4. The predicted molar refractivity (Wildman–Crippen MR) is 77.2 cm³/mol. The predicted octanol–water partition coefficient (Wildman–Crippen LogP) is 3.93. The van der Waals surface area contributed by atoms with Gasteiger partial charge in [0.25, 0.3) is 0 Å². The molecule has 0 fully saturated rings. The molecule has 3 rings (SSSR count). The molecule has 0 aliphatic carbocycles. The van der Waals surface area contributed by atoms with Gasteiger partial charge < -0.3 is 14.0 Å². The van der Waals surface area contributed by atoms with Crippen molar-refractivity contribution < 1.29 is 18.8 Å². The molecule has 0 radical (unpaired) electrons. The smallest absolute Gasteiger partial charge is 0.371 e. The van der Waals surface area contributed by atoms with E-state index in [0.717, 1.165) is 11.3 Å². The maximum absolute atomic E-state index is 10.7. The van der Waals surface area contributed by atoms with Gasteiger partial charge in [-0.15, -0.1) is 0 Å². The third kappa shape index (κ3) is 3.17. The SMILES string of the molecule is O=C(O)c1ccc(SCc2cc(-c3ccccc3)no2)o1. The number of aromatic carboxylic acids is 1. The first-order valence-electron chi connectivity index (χ1n) is 6.19. The Hall–Kier alpha value is -2.47. The van der Waals surface area contributed by atoms with Gasteiger partial charge in [-0.1, -0.05) is 47.3 Å². The Labute approximate surface area is 124 Å². The van der Waals surface area contributed by atoms with Crippen molar-refractivity contribution in [2.45, 2.75) is 10.8 Å². The van der Waals surface area contributed by atoms with E-state index >= 15 is 0 Å². The fraction of sp³-hybridized carbons (Fsp3) is 0.0667. The first-order valence-corrected chi connectivity index (χ1v) is 7.18. The van der Waals surface area contributed by atoms with E-state index in [2.05, 4.69) is 5.16 Å². The maximum Gasteiger partial charge on any atom is 0.371 e. The minimum Gasteiger partial charge on any atom is -0.475 e. The number of aromatic nitrogens is 1. The molecule has 21 heavy (non-hydrogen) atoms. The lowest BCUT2D eigenvalue weighted by atomic mass is 10.1. The number of hydrogen-bond acceptors (Lipinski definition) is 5. The Balaban J connectivity index is 1.66. The average Bonchev–Trinajstić information content (AvgIpc) is 3.15. The fourth-order valence-electron chi connectivity index (χ4n) is 1.78. The highest BCUT2D eigenvalue weighted by atomic mass is 32.2. The molecule has 2 heterocycles. The van der Waals surface area contributed by atoms with Gasteiger partial charge >= 0.3 is 5.97 Å². The molecule has 6 heteroatoms. The molecule has 2 aromatic heterocycles. The van der Waals surface area contributed by atoms with E-state index in [-0.39, 0.29) is 5.76 Å². The first kappa shape index (κ1) is 13.5. The number of nitrogens with zero attached hydrogens (tertiary/aromatic N) is 1. The van der Waals surface area contributed by atoms with Crippen LogP contribution in [0.3, 0.4) is 0 Å². The zero-order valence-electron chi connectivity index (χ0n) is 10.9. The summed E-state index contributed by atoms with van der Waals surface area (Å²) >= 11 is 1.36. The highest BCUT2D eigenvalue weighted by Gasteiger charge is 2.11. The lowest BCUT2D eigenvalue weighted by molar-refractivity contribution is 0.0656. The highest BCUT2D eigenvalue weighted by Crippen LogP contribution is 2.27. The van der Waals surface area contributed by atoms with Crippen LogP contribution in [0.15, 0.2) is 62.6 Å². The van der Waals surface area contributed by atoms with Crippen LogP contribution in [0.25, 0.3) is 11.3 Å². The fourth-order valence-corrected chi connectivity index (χ4v) is 2.51. The molecule has 1 aromatic carbocycles. The molecule has 0 spiro atoms. The minimum atomic E-state index is -1.08. The zero-order chi connectivity index (χ0) is 14.7. The Morgan fingerprint density at radius 1 is 1.19 bits per heavy atom. The van der Waals surface area contributed by atoms with Crippen LogP contribution in [0.1, 0.15) is 16.3 Å². The van der Waals surface area contributed by atoms with Crippen molar-refractivity contribution in [2.24, 2.45) is 0 Å². The van der Waals surface area contributed by atoms with Crippen LogP contribution >= 0.6 is 11.8 Å². The van der Waals surface area contributed by atoms with Gasteiger partial charge in [-0.2, -0.15) is 0 Å². The zero-order valence-corrected chi connectivity index (χ0v) is 11.7. The molecule has 0 atom stereocenters. The molecule has 0 amide bonds. The molecule has 0 saturated heterocycles. The minimum absolute atomic E-state index is 0.0694. The number of rotatable bonds is 5. The third-order valence-corrected chi connectivity index (χ3v) is 3.71. The van der Waals surface area contributed by atoms with Crippen LogP contribution in [0, 0.1) is 0 Å². The largest absolute Gasteiger partial charge is 0.475 e. The van der Waals surface area contributed by atoms with Crippen LogP contribution in [-0.4, -0.2) is 16.2 Å². The number of furan rings is 1. The lowest BCUT2D eigenvalue weighted by Crippen LogP contribution is -1.91. The van der Waals surface area contributed by atoms with Crippen LogP contribution in [0.2, 0.25) is 0 Å². The van der Waals surface area contributed by atoms with E-state index in [9.17, 15) is 4.79 Å². The van der Waals surface area contributed by atoms with Crippen LogP contribution in [0.5, 0.6) is 0 Å². The van der Waals surface area contributed by atoms with E-state index in [1.54, 1.807) is 6.07 Å². The van der Waals surface area contributed by atoms with E-state index in [1.807, 2.05) is 36.4 Å². The molecule has 0 aliphatic heterocycles. The molecule has 3 aromatic rings. The van der Waals surface area contributed by atoms with Crippen LogP contribution in [-0.2, 0) is 5.75 Å². The number of hydrogen-bond donors (Lipinski definition) is 1. The van der Waals surface area contributed by atoms with Crippen LogP contribution in [0.4, 0.5) is 0 Å². The van der Waals surface area contributed by atoms with E-state index < -0.39 is 5.97 Å². The van der Waals surface area contributed by atoms with Gasteiger partial charge in [0.1, 0.15) is 11.5 Å². The van der Waals surface area contributed by atoms with Crippen LogP contribution < -0.4 is 0 Å². The molecule has 5 nitrogen and oxygen atoms in total. The summed E-state index contributed by atoms with van der Waals surface area (Å²) in [5, 5.41) is 13.3. The number of benzene rings is 1. The van der Waals surface area contributed by atoms with Gasteiger partial charge in [0.05, 0.1) is 5.75 Å². The van der Waals surface area contributed by atoms with Crippen molar-refractivity contribution in [1.29, 1.82) is 0 Å². The Morgan fingerprint density at radius 2 is 2.00 bits per heavy atom. The molecule has 0 unspecified atom stereocenters. The molecule has 0 aliphatic rings. The average molecular weight is 301 g/mol. The Kier molecular flexibility index (Phi) is 3.79. The van der Waals surface area contributed by atoms with Gasteiger partial charge in [-0.25, -0.2) is 4.79 Å². The number of carboxylic acids is 1. The molecule has 0 bridgehead atoms. The molecule has 0 saturated carbocycles. The van der Waals surface area contributed by atoms with Crippen molar-refractivity contribution in [1.82, 2.24) is 5.16 Å². The topological polar surface area (TPSA) is 76.5 Å². The van der Waals surface area contributed by atoms with Crippen molar-refractivity contribution in [2.75, 3.05) is 0 Å². The quantitative estimate of drug-likeness (QED) is 0.720. The second kappa shape index (κ2) is 5.88. The summed E-state index contributed by atoms with van der Waals surface area (Å²) in [5.74, 6) is 0.0758. The summed E-state index contributed by atoms with van der Waals surface area (Å²) in [6.45, 7) is 0. The molecular weight excluding hydrogens is 290 g/mol. The summed E-state index contributed by atoms with van der Waals surface area (Å²) in [6, 6.07) is 14.7. The van der Waals surface area contributed by atoms with Crippen molar-refractivity contribution in [3.8, 4) is 11.3 Å². The Bertz CT molecular complexity index is 748. The van der Waals surface area contributed by atoms with Gasteiger partial charge in [0.2, 0.25) is 5.76 Å². The molecular formula is C15H11NO4S. The number of carboxylic acid groups (broad SMARTS) is 1. The van der Waals surface area contributed by atoms with E-state index in [0.29, 0.717) is 16.6 Å². The van der Waals surface area contributed by atoms with Crippen molar-refractivity contribution in [3.05, 3.63) is 60.1 Å². The summed E-state index contributed by atoms with van der Waals surface area (Å²) in [7, 11) is 0. The summed E-state index contributed by atoms with van der Waals surface area (Å²) in [6.07, 6.45) is 0. The second-order valence-electron chi connectivity index (χ2n) is 4.26. The van der Waals surface area contributed by atoms with Gasteiger partial charge in [0.15, 0.2) is 5.09 Å². The van der Waals surface area contributed by atoms with Gasteiger partial charge in [-0.05, 0) is 12.1 Å². The normalized spacial score (nSPS) is 10.7. The number of thioether (sulfide) groups is 1. The maximum atomic E-state index is 10.7. The highest BCUT2D eigenvalue weighted by molar-refractivity contribution is 7.98. The third-order valence-electron chi connectivity index (χ3n) is 2.78. The molecule has 1 N–H and O–H groups in total. The Morgan fingerprint density at radius 3 is 2.71 bits per heavy atom. The van der Waals surface area contributed by atoms with Crippen molar-refractivity contribution >= 4 is 17.7 Å². The molecule has 106 valence electrons. The summed E-state index contributed by atoms with van der Waals surface area (Å²) in [4.78, 5) is 10.7. The van der Waals surface area contributed by atoms with Gasteiger partial charge in [0, 0.05) is 11.6 Å². The van der Waals surface area contributed by atoms with Gasteiger partial charge in [-0.3, -0.25) is 0 Å². The summed E-state index contributed by atoms with van der Waals surface area (Å²) in [5.41, 5.74) is 1.76. The second-order valence-corrected chi connectivity index (χ2v) is 5.24. The first-order chi connectivity index (χ1) is 10.2. The monoisotopic (exact) mass is 301 g/mol. The van der Waals surface area contributed by atoms with E-state index in [4.69, 9.17) is 14.0 Å². The lowest BCUT2D eigenvalue weighted by Gasteiger charge is -1.93. The van der Waals surface area contributed by atoms with Crippen molar-refractivity contribution in [3.63, 3.8) is 0 Å². The standard InChI is InChI=1S/C15H11NO4S/c17-15(18)13-6-7-14(19-13)21-9-11-8-12(16-20-11)10-4-2-1-3-5-10/h1-8H,9H2,(H,17,18). The van der Waals surface area contributed by atoms with E-state index in [1.165, 1.54) is 17.8 Å².